The Morgan fingerprint density at radius 1 is 0.536 bits per heavy atom. The molecule has 1 aromatic rings. The van der Waals surface area contributed by atoms with Crippen LogP contribution >= 0.6 is 23.2 Å². The molecule has 0 bridgehead atoms. The summed E-state index contributed by atoms with van der Waals surface area (Å²) in [6.45, 7) is 10.4. The van der Waals surface area contributed by atoms with E-state index in [2.05, 4.69) is 24.1 Å². The zero-order valence-electron chi connectivity index (χ0n) is 44.5. The summed E-state index contributed by atoms with van der Waals surface area (Å²) in [5, 5.41) is 2.67. The molecule has 10 nitrogen and oxygen atoms in total. The van der Waals surface area contributed by atoms with Gasteiger partial charge in [0.2, 0.25) is 0 Å². The first-order valence-electron chi connectivity index (χ1n) is 27.9. The van der Waals surface area contributed by atoms with Gasteiger partial charge in [-0.25, -0.2) is 9.59 Å². The third-order valence-corrected chi connectivity index (χ3v) is 12.9. The van der Waals surface area contributed by atoms with E-state index in [1.807, 2.05) is 24.3 Å². The van der Waals surface area contributed by atoms with E-state index in [0.717, 1.165) is 49.8 Å². The van der Waals surface area contributed by atoms with Crippen molar-refractivity contribution in [1.29, 1.82) is 0 Å². The maximum Gasteiger partial charge on any atom is 0.408 e. The fraction of sp³-hybridized carbons (Fsp3) is 0.825. The number of unbranched alkanes of at least 4 members (excludes halogenated alkanes) is 28. The molecular weight excluding hydrogens is 912 g/mol. The van der Waals surface area contributed by atoms with E-state index in [4.69, 9.17) is 42.1 Å². The third-order valence-electron chi connectivity index (χ3n) is 12.5. The number of esters is 3. The number of carbonyl (C=O) groups is 4. The predicted molar refractivity (Wildman–Crippen MR) is 288 cm³/mol. The first-order valence-corrected chi connectivity index (χ1v) is 29.0. The Hall–Kier alpha value is -2.72. The van der Waals surface area contributed by atoms with Gasteiger partial charge in [0, 0.05) is 49.8 Å². The van der Waals surface area contributed by atoms with Crippen molar-refractivity contribution in [2.75, 3.05) is 43.0 Å². The Morgan fingerprint density at radius 2 is 0.913 bits per heavy atom. The molecule has 0 aliphatic rings. The minimum Gasteiger partial charge on any atom is -0.462 e. The molecule has 1 amide bonds. The fourth-order valence-corrected chi connectivity index (χ4v) is 8.88. The number of anilines is 1. The van der Waals surface area contributed by atoms with Crippen molar-refractivity contribution in [2.24, 2.45) is 0 Å². The highest BCUT2D eigenvalue weighted by molar-refractivity contribution is 6.18. The molecule has 0 aromatic heterocycles. The van der Waals surface area contributed by atoms with Crippen LogP contribution in [0.2, 0.25) is 0 Å². The number of alkyl halides is 2. The second kappa shape index (κ2) is 44.0. The highest BCUT2D eigenvalue weighted by Gasteiger charge is 2.28. The molecule has 0 saturated carbocycles. The number of hydrogen-bond acceptors (Lipinski definition) is 9. The first-order chi connectivity index (χ1) is 33.4. The largest absolute Gasteiger partial charge is 0.462 e. The van der Waals surface area contributed by atoms with Crippen molar-refractivity contribution in [3.05, 3.63) is 29.8 Å². The maximum atomic E-state index is 13.7. The van der Waals surface area contributed by atoms with Crippen LogP contribution in [0.5, 0.6) is 0 Å². The number of alkyl carbamates (subject to hydrolysis) is 1. The molecule has 1 aromatic carbocycles. The number of carbonyl (C=O) groups excluding carboxylic acids is 4. The summed E-state index contributed by atoms with van der Waals surface area (Å²) in [5.74, 6) is -0.640. The minimum absolute atomic E-state index is 0.112. The van der Waals surface area contributed by atoms with Crippen LogP contribution in [0.3, 0.4) is 0 Å². The van der Waals surface area contributed by atoms with Crippen LogP contribution in [-0.2, 0) is 39.8 Å². The van der Waals surface area contributed by atoms with Gasteiger partial charge in [0.1, 0.15) is 24.9 Å². The molecule has 2 atom stereocenters. The molecule has 0 fully saturated rings. The fourth-order valence-electron chi connectivity index (χ4n) is 8.47. The van der Waals surface area contributed by atoms with Gasteiger partial charge in [0.25, 0.3) is 0 Å². The van der Waals surface area contributed by atoms with Crippen LogP contribution in [0.15, 0.2) is 24.3 Å². The summed E-state index contributed by atoms with van der Waals surface area (Å²) in [7, 11) is 0. The van der Waals surface area contributed by atoms with E-state index in [1.165, 1.54) is 148 Å². The van der Waals surface area contributed by atoms with Gasteiger partial charge in [-0.3, -0.25) is 9.59 Å². The smallest absolute Gasteiger partial charge is 0.408 e. The van der Waals surface area contributed by atoms with Crippen LogP contribution in [0, 0.1) is 0 Å². The highest BCUT2D eigenvalue weighted by atomic mass is 35.5. The van der Waals surface area contributed by atoms with E-state index in [-0.39, 0.29) is 38.4 Å². The molecule has 0 spiro atoms. The lowest BCUT2D eigenvalue weighted by atomic mass is 10.0. The van der Waals surface area contributed by atoms with Gasteiger partial charge in [0.15, 0.2) is 6.10 Å². The Bertz CT molecular complexity index is 1400. The van der Waals surface area contributed by atoms with Crippen molar-refractivity contribution >= 4 is 52.9 Å². The molecule has 0 saturated heterocycles. The molecular formula is C57H100Cl2N2O8. The Labute approximate surface area is 431 Å². The lowest BCUT2D eigenvalue weighted by Gasteiger charge is -2.25. The number of hydrogen-bond donors (Lipinski definition) is 1. The van der Waals surface area contributed by atoms with Crippen molar-refractivity contribution in [2.45, 2.75) is 264 Å². The van der Waals surface area contributed by atoms with Crippen LogP contribution in [0.1, 0.15) is 246 Å². The van der Waals surface area contributed by atoms with Crippen molar-refractivity contribution < 1.29 is 38.1 Å². The third kappa shape index (κ3) is 38.6. The lowest BCUT2D eigenvalue weighted by molar-refractivity contribution is -0.167. The van der Waals surface area contributed by atoms with Crippen LogP contribution < -0.4 is 10.2 Å². The number of nitrogens with zero attached hydrogens (tertiary/aromatic N) is 1. The summed E-state index contributed by atoms with van der Waals surface area (Å²) in [6.07, 6.45) is 35.9. The van der Waals surface area contributed by atoms with Gasteiger partial charge in [-0.05, 0) is 51.3 Å². The van der Waals surface area contributed by atoms with Crippen molar-refractivity contribution in [1.82, 2.24) is 5.32 Å². The summed E-state index contributed by atoms with van der Waals surface area (Å²) >= 11 is 12.0. The first kappa shape index (κ1) is 64.3. The normalized spacial score (nSPS) is 12.3. The van der Waals surface area contributed by atoms with Gasteiger partial charge in [0.05, 0.1) is 0 Å². The number of benzene rings is 1. The quantitative estimate of drug-likeness (QED) is 0.0294. The van der Waals surface area contributed by atoms with E-state index in [9.17, 15) is 19.2 Å². The molecule has 2 unspecified atom stereocenters. The van der Waals surface area contributed by atoms with Gasteiger partial charge in [-0.1, -0.05) is 206 Å². The number of ether oxygens (including phenoxy) is 4. The van der Waals surface area contributed by atoms with Crippen molar-refractivity contribution in [3.8, 4) is 0 Å². The van der Waals surface area contributed by atoms with Gasteiger partial charge in [-0.15, -0.1) is 23.2 Å². The Kier molecular flexibility index (Phi) is 41.0. The molecule has 0 aliphatic heterocycles. The summed E-state index contributed by atoms with van der Waals surface area (Å²) in [5.41, 5.74) is 0.909. The second-order valence-corrected chi connectivity index (χ2v) is 21.0. The van der Waals surface area contributed by atoms with Crippen molar-refractivity contribution in [3.63, 3.8) is 0 Å². The van der Waals surface area contributed by atoms with Crippen LogP contribution in [0.4, 0.5) is 10.5 Å². The standard InChI is InChI=1S/C57H100Cl2N2O8/c1-6-8-10-12-14-16-18-20-22-24-26-28-30-32-34-36-53(62)66-47-51(68-54(63)37-35-33-31-29-27-25-23-21-19-17-15-13-11-9-7-2)48-67-55(64)52(60-56(65)69-57(3,4)5)46-49-38-40-50(41-39-49)61(44-42-58)45-43-59/h38-41,51-52H,6-37,42-48H2,1-5H3,(H,60,65). The van der Waals surface area contributed by atoms with Gasteiger partial charge < -0.3 is 29.2 Å². The number of rotatable bonds is 46. The molecule has 1 N–H and O–H groups in total. The molecule has 1 rings (SSSR count). The van der Waals surface area contributed by atoms with E-state index in [0.29, 0.717) is 31.3 Å². The van der Waals surface area contributed by atoms with E-state index >= 15 is 0 Å². The number of nitrogens with one attached hydrogen (secondary N) is 1. The highest BCUT2D eigenvalue weighted by Crippen LogP contribution is 2.19. The molecule has 69 heavy (non-hydrogen) atoms. The minimum atomic E-state index is -1.11. The van der Waals surface area contributed by atoms with Gasteiger partial charge >= 0.3 is 24.0 Å². The predicted octanol–water partition coefficient (Wildman–Crippen LogP) is 15.9. The molecule has 0 heterocycles. The molecule has 400 valence electrons. The topological polar surface area (TPSA) is 120 Å². The zero-order chi connectivity index (χ0) is 50.6. The molecule has 12 heteroatoms. The second-order valence-electron chi connectivity index (χ2n) is 20.3. The summed E-state index contributed by atoms with van der Waals surface area (Å²) < 4.78 is 22.6. The van der Waals surface area contributed by atoms with Crippen LogP contribution in [0.25, 0.3) is 0 Å². The van der Waals surface area contributed by atoms with Gasteiger partial charge in [-0.2, -0.15) is 0 Å². The summed E-state index contributed by atoms with van der Waals surface area (Å²) in [6, 6.07) is 6.49. The number of amides is 1. The SMILES string of the molecule is CCCCCCCCCCCCCCCCCC(=O)OCC(COC(=O)C(Cc1ccc(N(CCCl)CCCl)cc1)NC(=O)OC(C)(C)C)OC(=O)CCCCCCCCCCCCCCCCC. The van der Waals surface area contributed by atoms with E-state index < -0.39 is 35.8 Å². The molecule has 0 aliphatic carbocycles. The Morgan fingerprint density at radius 3 is 1.30 bits per heavy atom. The van der Waals surface area contributed by atoms with Crippen LogP contribution in [-0.4, -0.2) is 79.8 Å². The zero-order valence-corrected chi connectivity index (χ0v) is 46.0. The Balaban J connectivity index is 2.74. The monoisotopic (exact) mass is 1010 g/mol. The summed E-state index contributed by atoms with van der Waals surface area (Å²) in [4.78, 5) is 54.8. The number of halogens is 2. The van der Waals surface area contributed by atoms with E-state index in [1.54, 1.807) is 20.8 Å². The molecule has 0 radical (unpaired) electrons. The maximum absolute atomic E-state index is 13.7. The lowest BCUT2D eigenvalue weighted by Crippen LogP contribution is -2.46. The average Bonchev–Trinajstić information content (AvgIpc) is 3.31. The average molecular weight is 1010 g/mol.